The molecule has 0 N–H and O–H groups in total. The van der Waals surface area contributed by atoms with Crippen LogP contribution in [0.2, 0.25) is 0 Å². The molecular formula is C25H33BrO4. The lowest BCUT2D eigenvalue weighted by Crippen LogP contribution is -2.42. The second kappa shape index (κ2) is 8.57. The number of carbonyl (C=O) groups excluding carboxylic acids is 3. The van der Waals surface area contributed by atoms with Gasteiger partial charge < -0.3 is 4.74 Å². The van der Waals surface area contributed by atoms with Crippen LogP contribution in [0.25, 0.3) is 0 Å². The Bertz CT molecular complexity index is 813. The van der Waals surface area contributed by atoms with Crippen LogP contribution in [0.5, 0.6) is 0 Å². The number of benzene rings is 1. The van der Waals surface area contributed by atoms with Crippen LogP contribution < -0.4 is 0 Å². The van der Waals surface area contributed by atoms with Crippen LogP contribution >= 0.6 is 15.9 Å². The van der Waals surface area contributed by atoms with Gasteiger partial charge in [0.2, 0.25) is 0 Å². The molecule has 3 rings (SSSR count). The number of aryl methyl sites for hydroxylation is 2. The lowest BCUT2D eigenvalue weighted by molar-refractivity contribution is -0.157. The lowest BCUT2D eigenvalue weighted by atomic mass is 9.59. The number of rotatable bonds is 3. The summed E-state index contributed by atoms with van der Waals surface area (Å²) in [5.74, 6) is -0.371. The second-order valence-corrected chi connectivity index (χ2v) is 11.3. The summed E-state index contributed by atoms with van der Waals surface area (Å²) in [5, 5.41) is 0. The Balaban J connectivity index is 1.66. The highest BCUT2D eigenvalue weighted by Gasteiger charge is 2.47. The topological polar surface area (TPSA) is 60.4 Å². The summed E-state index contributed by atoms with van der Waals surface area (Å²) in [7, 11) is 0. The van der Waals surface area contributed by atoms with Gasteiger partial charge in [0.1, 0.15) is 23.1 Å². The summed E-state index contributed by atoms with van der Waals surface area (Å²) in [6.07, 6.45) is 4.79. The molecule has 0 bridgehead atoms. The highest BCUT2D eigenvalue weighted by atomic mass is 79.9. The van der Waals surface area contributed by atoms with E-state index in [4.69, 9.17) is 4.74 Å². The van der Waals surface area contributed by atoms with Crippen molar-refractivity contribution in [3.05, 3.63) is 33.3 Å². The van der Waals surface area contributed by atoms with Crippen LogP contribution in [-0.2, 0) is 19.1 Å². The molecule has 0 saturated heterocycles. The molecule has 1 aromatic carbocycles. The van der Waals surface area contributed by atoms with Gasteiger partial charge in [0.25, 0.3) is 0 Å². The number of Topliss-reactive ketones (excluding diaryl/α,β-unsaturated/α-hetero) is 2. The Kier molecular flexibility index (Phi) is 6.62. The van der Waals surface area contributed by atoms with Gasteiger partial charge in [-0.15, -0.1) is 0 Å². The molecule has 2 saturated carbocycles. The van der Waals surface area contributed by atoms with Gasteiger partial charge in [-0.05, 0) is 100 Å². The zero-order valence-electron chi connectivity index (χ0n) is 18.8. The number of ether oxygens (including phenoxy) is 1. The molecule has 0 atom stereocenters. The van der Waals surface area contributed by atoms with Crippen molar-refractivity contribution in [1.29, 1.82) is 0 Å². The maximum absolute atomic E-state index is 13.2. The van der Waals surface area contributed by atoms with Crippen molar-refractivity contribution in [1.82, 2.24) is 0 Å². The van der Waals surface area contributed by atoms with Gasteiger partial charge in [0, 0.05) is 23.7 Å². The number of esters is 1. The molecule has 5 heteroatoms. The van der Waals surface area contributed by atoms with E-state index in [2.05, 4.69) is 15.9 Å². The normalized spacial score (nSPS) is 27.4. The Morgan fingerprint density at radius 1 is 1.07 bits per heavy atom. The Morgan fingerprint density at radius 2 is 1.57 bits per heavy atom. The maximum atomic E-state index is 13.2. The van der Waals surface area contributed by atoms with E-state index < -0.39 is 11.5 Å². The summed E-state index contributed by atoms with van der Waals surface area (Å²) >= 11 is 3.49. The first-order valence-corrected chi connectivity index (χ1v) is 11.7. The van der Waals surface area contributed by atoms with Crippen LogP contribution in [0.3, 0.4) is 0 Å². The number of hydrogen-bond donors (Lipinski definition) is 0. The molecule has 0 aromatic heterocycles. The van der Waals surface area contributed by atoms with Crippen molar-refractivity contribution in [3.8, 4) is 0 Å². The zero-order chi connectivity index (χ0) is 22.3. The third kappa shape index (κ3) is 5.22. The van der Waals surface area contributed by atoms with Gasteiger partial charge in [-0.2, -0.15) is 0 Å². The summed E-state index contributed by atoms with van der Waals surface area (Å²) in [4.78, 5) is 38.5. The minimum absolute atomic E-state index is 0.0605. The fraction of sp³-hybridized carbons (Fsp3) is 0.640. The van der Waals surface area contributed by atoms with E-state index in [1.165, 1.54) is 0 Å². The summed E-state index contributed by atoms with van der Waals surface area (Å²) in [6, 6.07) is 3.96. The predicted molar refractivity (Wildman–Crippen MR) is 120 cm³/mol. The van der Waals surface area contributed by atoms with E-state index in [1.807, 2.05) is 46.8 Å². The number of carbonyl (C=O) groups is 3. The first-order chi connectivity index (χ1) is 13.9. The smallest absolute Gasteiger partial charge is 0.306 e. The largest absolute Gasteiger partial charge is 0.460 e. The molecule has 0 amide bonds. The molecule has 0 heterocycles. The minimum Gasteiger partial charge on any atom is -0.460 e. The molecule has 0 unspecified atom stereocenters. The van der Waals surface area contributed by atoms with Gasteiger partial charge in [-0.3, -0.25) is 14.4 Å². The van der Waals surface area contributed by atoms with Crippen molar-refractivity contribution in [2.45, 2.75) is 91.1 Å². The molecule has 2 fully saturated rings. The molecule has 0 aliphatic heterocycles. The Hall–Kier alpha value is -1.49. The molecule has 0 radical (unpaired) electrons. The van der Waals surface area contributed by atoms with Crippen molar-refractivity contribution in [2.24, 2.45) is 11.3 Å². The van der Waals surface area contributed by atoms with Gasteiger partial charge in [0.05, 0.1) is 0 Å². The van der Waals surface area contributed by atoms with E-state index >= 15 is 0 Å². The molecule has 30 heavy (non-hydrogen) atoms. The van der Waals surface area contributed by atoms with Gasteiger partial charge in [-0.25, -0.2) is 0 Å². The number of hydrogen-bond acceptors (Lipinski definition) is 4. The van der Waals surface area contributed by atoms with E-state index in [0.717, 1.165) is 46.8 Å². The summed E-state index contributed by atoms with van der Waals surface area (Å²) in [6.45, 7) is 9.59. The van der Waals surface area contributed by atoms with Crippen LogP contribution in [0.15, 0.2) is 16.6 Å². The average Bonchev–Trinajstić information content (AvgIpc) is 2.57. The second-order valence-electron chi connectivity index (χ2n) is 10.4. The van der Waals surface area contributed by atoms with E-state index in [-0.39, 0.29) is 28.9 Å². The van der Waals surface area contributed by atoms with Crippen LogP contribution in [0.1, 0.15) is 88.3 Å². The molecule has 2 aliphatic rings. The number of ketones is 2. The van der Waals surface area contributed by atoms with Crippen LogP contribution in [0, 0.1) is 25.2 Å². The molecule has 1 aromatic rings. The highest BCUT2D eigenvalue weighted by molar-refractivity contribution is 9.10. The maximum Gasteiger partial charge on any atom is 0.306 e. The summed E-state index contributed by atoms with van der Waals surface area (Å²) in [5.41, 5.74) is 2.19. The third-order valence-electron chi connectivity index (χ3n) is 6.63. The molecule has 4 nitrogen and oxygen atoms in total. The van der Waals surface area contributed by atoms with E-state index in [0.29, 0.717) is 19.3 Å². The van der Waals surface area contributed by atoms with Crippen molar-refractivity contribution >= 4 is 33.5 Å². The summed E-state index contributed by atoms with van der Waals surface area (Å²) < 4.78 is 6.42. The number of halogens is 1. The quantitative estimate of drug-likeness (QED) is 0.396. The van der Waals surface area contributed by atoms with Crippen molar-refractivity contribution in [2.75, 3.05) is 0 Å². The van der Waals surface area contributed by atoms with Crippen molar-refractivity contribution in [3.63, 3.8) is 0 Å². The molecule has 1 spiro atoms. The first kappa shape index (κ1) is 23.2. The van der Waals surface area contributed by atoms with E-state index in [1.54, 1.807) is 0 Å². The lowest BCUT2D eigenvalue weighted by Gasteiger charge is -2.43. The zero-order valence-corrected chi connectivity index (χ0v) is 20.4. The van der Waals surface area contributed by atoms with Crippen LogP contribution in [0.4, 0.5) is 0 Å². The standard InChI is InChI=1S/C25H33BrO4/c1-15-10-18(26)11-16(2)22(15)23-19(27)13-25(14-20(23)28)8-6-17(7-9-25)12-21(29)30-24(3,4)5/h10-11,17,23H,6-9,12-14H2,1-5H3. The molecular weight excluding hydrogens is 444 g/mol. The SMILES string of the molecule is Cc1cc(Br)cc(C)c1C1C(=O)CC2(CCC(CC(=O)OC(C)(C)C)CC2)CC1=O. The van der Waals surface area contributed by atoms with Gasteiger partial charge in [0.15, 0.2) is 0 Å². The Labute approximate surface area is 188 Å². The Morgan fingerprint density at radius 3 is 2.03 bits per heavy atom. The fourth-order valence-electron chi connectivity index (χ4n) is 5.35. The molecule has 164 valence electrons. The minimum atomic E-state index is -0.622. The van der Waals surface area contributed by atoms with E-state index in [9.17, 15) is 14.4 Å². The van der Waals surface area contributed by atoms with Gasteiger partial charge in [-0.1, -0.05) is 15.9 Å². The van der Waals surface area contributed by atoms with Gasteiger partial charge >= 0.3 is 5.97 Å². The monoisotopic (exact) mass is 476 g/mol. The third-order valence-corrected chi connectivity index (χ3v) is 7.09. The highest BCUT2D eigenvalue weighted by Crippen LogP contribution is 2.50. The van der Waals surface area contributed by atoms with Crippen LogP contribution in [-0.4, -0.2) is 23.1 Å². The first-order valence-electron chi connectivity index (χ1n) is 10.9. The fourth-order valence-corrected chi connectivity index (χ4v) is 6.04. The van der Waals surface area contributed by atoms with Crippen molar-refractivity contribution < 1.29 is 19.1 Å². The predicted octanol–water partition coefficient (Wildman–Crippen LogP) is 5.99. The molecule has 2 aliphatic carbocycles. The average molecular weight is 477 g/mol.